The first kappa shape index (κ1) is 21.5. The number of para-hydroxylation sites is 1. The van der Waals surface area contributed by atoms with E-state index >= 15 is 0 Å². The molecule has 1 aliphatic rings. The van der Waals surface area contributed by atoms with Crippen LogP contribution in [0.5, 0.6) is 0 Å². The summed E-state index contributed by atoms with van der Waals surface area (Å²) in [4.78, 5) is 44.2. The third-order valence-corrected chi connectivity index (χ3v) is 5.82. The van der Waals surface area contributed by atoms with E-state index in [2.05, 4.69) is 29.7 Å². The molecular formula is C24H27N5O3. The number of hydrogen-bond donors (Lipinski definition) is 2. The maximum Gasteiger partial charge on any atom is 0.262 e. The molecule has 1 saturated heterocycles. The predicted molar refractivity (Wildman–Crippen MR) is 124 cm³/mol. The SMILES string of the molecule is CCn1c(NNC(=O)[C@H]2CC(=O)N(c3cccc(C(C)C)c3)C2)nc2ccccc2c1=O. The Morgan fingerprint density at radius 2 is 1.94 bits per heavy atom. The Balaban J connectivity index is 1.48. The summed E-state index contributed by atoms with van der Waals surface area (Å²) in [6, 6.07) is 14.9. The fourth-order valence-electron chi connectivity index (χ4n) is 3.96. The Morgan fingerprint density at radius 3 is 2.69 bits per heavy atom. The van der Waals surface area contributed by atoms with Gasteiger partial charge in [-0.1, -0.05) is 38.1 Å². The molecule has 0 radical (unpaired) electrons. The Labute approximate surface area is 186 Å². The molecule has 3 aromatic rings. The molecule has 1 aromatic heterocycles. The molecule has 0 aliphatic carbocycles. The van der Waals surface area contributed by atoms with Gasteiger partial charge in [0, 0.05) is 25.2 Å². The second-order valence-corrected chi connectivity index (χ2v) is 8.27. The van der Waals surface area contributed by atoms with Crippen LogP contribution in [0.1, 0.15) is 38.7 Å². The molecule has 8 heteroatoms. The second-order valence-electron chi connectivity index (χ2n) is 8.27. The van der Waals surface area contributed by atoms with Crippen LogP contribution in [-0.2, 0) is 16.1 Å². The van der Waals surface area contributed by atoms with Crippen LogP contribution in [0, 0.1) is 5.92 Å². The molecule has 0 unspecified atom stereocenters. The number of aromatic nitrogens is 2. The number of anilines is 2. The van der Waals surface area contributed by atoms with E-state index in [1.807, 2.05) is 31.2 Å². The van der Waals surface area contributed by atoms with Crippen LogP contribution >= 0.6 is 0 Å². The monoisotopic (exact) mass is 433 g/mol. The zero-order valence-electron chi connectivity index (χ0n) is 18.5. The van der Waals surface area contributed by atoms with Gasteiger partial charge in [-0.3, -0.25) is 29.8 Å². The smallest absolute Gasteiger partial charge is 0.262 e. The molecule has 2 heterocycles. The van der Waals surface area contributed by atoms with Gasteiger partial charge in [0.1, 0.15) is 0 Å². The molecule has 0 saturated carbocycles. The quantitative estimate of drug-likeness (QED) is 0.583. The number of benzene rings is 2. The molecule has 8 nitrogen and oxygen atoms in total. The molecule has 1 fully saturated rings. The third-order valence-electron chi connectivity index (χ3n) is 5.82. The van der Waals surface area contributed by atoms with Gasteiger partial charge in [-0.25, -0.2) is 4.98 Å². The van der Waals surface area contributed by atoms with Gasteiger partial charge in [-0.15, -0.1) is 0 Å². The fraction of sp³-hybridized carbons (Fsp3) is 0.333. The summed E-state index contributed by atoms with van der Waals surface area (Å²) < 4.78 is 1.46. The van der Waals surface area contributed by atoms with E-state index in [0.29, 0.717) is 29.9 Å². The van der Waals surface area contributed by atoms with Crippen molar-refractivity contribution in [3.05, 3.63) is 64.4 Å². The molecule has 0 bridgehead atoms. The minimum atomic E-state index is -0.500. The Kier molecular flexibility index (Phi) is 5.94. The van der Waals surface area contributed by atoms with Crippen molar-refractivity contribution in [1.82, 2.24) is 15.0 Å². The third kappa shape index (κ3) is 4.08. The second kappa shape index (κ2) is 8.82. The van der Waals surface area contributed by atoms with E-state index in [4.69, 9.17) is 0 Å². The van der Waals surface area contributed by atoms with Crippen LogP contribution in [0.2, 0.25) is 0 Å². The van der Waals surface area contributed by atoms with E-state index in [0.717, 1.165) is 11.3 Å². The minimum absolute atomic E-state index is 0.0830. The Bertz CT molecular complexity index is 1230. The van der Waals surface area contributed by atoms with E-state index in [-0.39, 0.29) is 29.7 Å². The molecule has 2 aromatic carbocycles. The van der Waals surface area contributed by atoms with Gasteiger partial charge in [0.05, 0.1) is 16.8 Å². The number of amides is 2. The van der Waals surface area contributed by atoms with Crippen molar-refractivity contribution in [3.63, 3.8) is 0 Å². The van der Waals surface area contributed by atoms with E-state index in [9.17, 15) is 14.4 Å². The lowest BCUT2D eigenvalue weighted by Crippen LogP contribution is -2.39. The number of rotatable bonds is 6. The summed E-state index contributed by atoms with van der Waals surface area (Å²) in [7, 11) is 0. The lowest BCUT2D eigenvalue weighted by molar-refractivity contribution is -0.125. The van der Waals surface area contributed by atoms with Crippen LogP contribution in [0.3, 0.4) is 0 Å². The van der Waals surface area contributed by atoms with Gasteiger partial charge < -0.3 is 4.90 Å². The average molecular weight is 434 g/mol. The van der Waals surface area contributed by atoms with Crippen molar-refractivity contribution in [3.8, 4) is 0 Å². The summed E-state index contributed by atoms with van der Waals surface area (Å²) in [6.45, 7) is 6.74. The number of carbonyl (C=O) groups excluding carboxylic acids is 2. The summed E-state index contributed by atoms with van der Waals surface area (Å²) in [5.41, 5.74) is 7.75. The highest BCUT2D eigenvalue weighted by Gasteiger charge is 2.35. The average Bonchev–Trinajstić information content (AvgIpc) is 3.19. The molecule has 1 aliphatic heterocycles. The van der Waals surface area contributed by atoms with Gasteiger partial charge in [-0.05, 0) is 42.7 Å². The van der Waals surface area contributed by atoms with Crippen molar-refractivity contribution in [2.75, 3.05) is 16.9 Å². The summed E-state index contributed by atoms with van der Waals surface area (Å²) in [5.74, 6) is -0.289. The molecule has 32 heavy (non-hydrogen) atoms. The van der Waals surface area contributed by atoms with Gasteiger partial charge in [0.2, 0.25) is 17.8 Å². The van der Waals surface area contributed by atoms with Gasteiger partial charge >= 0.3 is 0 Å². The number of fused-ring (bicyclic) bond motifs is 1. The Hall–Kier alpha value is -3.68. The summed E-state index contributed by atoms with van der Waals surface area (Å²) in [6.07, 6.45) is 0.130. The van der Waals surface area contributed by atoms with Crippen LogP contribution in [-0.4, -0.2) is 27.9 Å². The molecule has 4 rings (SSSR count). The zero-order valence-corrected chi connectivity index (χ0v) is 18.5. The van der Waals surface area contributed by atoms with Crippen LogP contribution in [0.4, 0.5) is 11.6 Å². The first-order chi connectivity index (χ1) is 15.4. The van der Waals surface area contributed by atoms with Crippen LogP contribution in [0.15, 0.2) is 53.3 Å². The number of nitrogens with zero attached hydrogens (tertiary/aromatic N) is 3. The predicted octanol–water partition coefficient (Wildman–Crippen LogP) is 3.04. The van der Waals surface area contributed by atoms with Crippen LogP contribution < -0.4 is 21.3 Å². The highest BCUT2D eigenvalue weighted by atomic mass is 16.2. The van der Waals surface area contributed by atoms with Crippen molar-refractivity contribution in [2.45, 2.75) is 39.7 Å². The zero-order chi connectivity index (χ0) is 22.8. The van der Waals surface area contributed by atoms with E-state index in [1.165, 1.54) is 4.57 Å². The standard InChI is InChI=1S/C24H27N5O3/c1-4-28-23(32)19-10-5-6-11-20(19)25-24(28)27-26-22(31)17-13-21(30)29(14-17)18-9-7-8-16(12-18)15(2)3/h5-12,15,17H,4,13-14H2,1-3H3,(H,25,27)(H,26,31)/t17-/m0/s1. The highest BCUT2D eigenvalue weighted by molar-refractivity contribution is 6.00. The molecule has 0 spiro atoms. The Morgan fingerprint density at radius 1 is 1.16 bits per heavy atom. The lowest BCUT2D eigenvalue weighted by atomic mass is 10.0. The van der Waals surface area contributed by atoms with Gasteiger partial charge in [0.25, 0.3) is 5.56 Å². The number of carbonyl (C=O) groups is 2. The maximum atomic E-state index is 12.8. The first-order valence-corrected chi connectivity index (χ1v) is 10.8. The van der Waals surface area contributed by atoms with Gasteiger partial charge in [0.15, 0.2) is 0 Å². The largest absolute Gasteiger partial charge is 0.312 e. The molecule has 2 N–H and O–H groups in total. The number of hydrazine groups is 1. The number of hydrogen-bond acceptors (Lipinski definition) is 5. The topological polar surface area (TPSA) is 96.3 Å². The molecule has 2 amide bonds. The van der Waals surface area contributed by atoms with Crippen molar-refractivity contribution in [1.29, 1.82) is 0 Å². The lowest BCUT2D eigenvalue weighted by Gasteiger charge is -2.19. The van der Waals surface area contributed by atoms with Crippen molar-refractivity contribution < 1.29 is 9.59 Å². The molecule has 1 atom stereocenters. The summed E-state index contributed by atoms with van der Waals surface area (Å²) >= 11 is 0. The first-order valence-electron chi connectivity index (χ1n) is 10.8. The molecular weight excluding hydrogens is 406 g/mol. The van der Waals surface area contributed by atoms with Crippen molar-refractivity contribution >= 4 is 34.4 Å². The fourth-order valence-corrected chi connectivity index (χ4v) is 3.96. The highest BCUT2D eigenvalue weighted by Crippen LogP contribution is 2.28. The number of nitrogens with one attached hydrogen (secondary N) is 2. The maximum absolute atomic E-state index is 12.8. The minimum Gasteiger partial charge on any atom is -0.312 e. The van der Waals surface area contributed by atoms with Crippen molar-refractivity contribution in [2.24, 2.45) is 5.92 Å². The van der Waals surface area contributed by atoms with E-state index in [1.54, 1.807) is 29.2 Å². The summed E-state index contributed by atoms with van der Waals surface area (Å²) in [5, 5.41) is 0.520. The van der Waals surface area contributed by atoms with E-state index < -0.39 is 5.92 Å². The van der Waals surface area contributed by atoms with Gasteiger partial charge in [-0.2, -0.15) is 0 Å². The normalized spacial score (nSPS) is 16.1. The molecule has 166 valence electrons. The van der Waals surface area contributed by atoms with Crippen LogP contribution in [0.25, 0.3) is 10.9 Å².